The monoisotopic (exact) mass is 535 g/mol. The van der Waals surface area contributed by atoms with Crippen molar-refractivity contribution in [3.63, 3.8) is 0 Å². The molecule has 0 radical (unpaired) electrons. The van der Waals surface area contributed by atoms with Crippen molar-refractivity contribution in [3.05, 3.63) is 53.0 Å². The number of hydrogen-bond acceptors (Lipinski definition) is 6. The van der Waals surface area contributed by atoms with Crippen molar-refractivity contribution in [2.45, 2.75) is 52.4 Å². The van der Waals surface area contributed by atoms with Gasteiger partial charge in [-0.05, 0) is 50.5 Å². The maximum Gasteiger partial charge on any atom is 0.416 e. The molecule has 12 heteroatoms. The van der Waals surface area contributed by atoms with Crippen molar-refractivity contribution in [3.8, 4) is 0 Å². The van der Waals surface area contributed by atoms with Gasteiger partial charge in [0.25, 0.3) is 0 Å². The molecule has 1 aromatic carbocycles. The van der Waals surface area contributed by atoms with Crippen molar-refractivity contribution < 1.29 is 27.6 Å². The van der Waals surface area contributed by atoms with Gasteiger partial charge < -0.3 is 19.9 Å². The van der Waals surface area contributed by atoms with Crippen LogP contribution in [0.15, 0.2) is 30.5 Å². The zero-order chi connectivity index (χ0) is 27.1. The van der Waals surface area contributed by atoms with Gasteiger partial charge in [0.1, 0.15) is 24.2 Å². The molecular formula is C25H29F3N5O3P. The number of aryl methyl sites for hydroxylation is 1. The Labute approximate surface area is 212 Å². The summed E-state index contributed by atoms with van der Waals surface area (Å²) in [7, 11) is -3.00. The lowest BCUT2D eigenvalue weighted by molar-refractivity contribution is -0.138. The maximum absolute atomic E-state index is 14.0. The predicted molar refractivity (Wildman–Crippen MR) is 136 cm³/mol. The summed E-state index contributed by atoms with van der Waals surface area (Å²) in [5.74, 6) is 0.850. The minimum absolute atomic E-state index is 0.132. The number of hydrogen-bond donors (Lipinski definition) is 2. The summed E-state index contributed by atoms with van der Waals surface area (Å²) < 4.78 is 54.3. The largest absolute Gasteiger partial charge is 0.465 e. The lowest BCUT2D eigenvalue weighted by Crippen LogP contribution is -2.48. The van der Waals surface area contributed by atoms with E-state index in [1.54, 1.807) is 26.0 Å². The Balaban J connectivity index is 1.72. The van der Waals surface area contributed by atoms with E-state index in [4.69, 9.17) is 0 Å². The summed E-state index contributed by atoms with van der Waals surface area (Å²) >= 11 is 0. The highest BCUT2D eigenvalue weighted by Crippen LogP contribution is 2.48. The summed E-state index contributed by atoms with van der Waals surface area (Å²) in [5, 5.41) is 13.3. The van der Waals surface area contributed by atoms with Crippen LogP contribution in [0.1, 0.15) is 48.8 Å². The number of amides is 1. The molecule has 1 aliphatic rings. The Kier molecular flexibility index (Phi) is 7.21. The summed E-state index contributed by atoms with van der Waals surface area (Å²) in [6, 6.07) is 4.87. The van der Waals surface area contributed by atoms with E-state index >= 15 is 0 Å². The Morgan fingerprint density at radius 3 is 2.68 bits per heavy atom. The molecule has 1 saturated heterocycles. The zero-order valence-corrected chi connectivity index (χ0v) is 21.9. The second-order valence-corrected chi connectivity index (χ2v) is 12.4. The van der Waals surface area contributed by atoms with Gasteiger partial charge in [-0.1, -0.05) is 19.1 Å². The fourth-order valence-corrected chi connectivity index (χ4v) is 7.88. The summed E-state index contributed by atoms with van der Waals surface area (Å²) in [4.78, 5) is 26.3. The lowest BCUT2D eigenvalue weighted by Gasteiger charge is -2.37. The van der Waals surface area contributed by atoms with E-state index in [-0.39, 0.29) is 30.5 Å². The quantitative estimate of drug-likeness (QED) is 0.410. The fraction of sp³-hybridized carbons (Fsp3) is 0.440. The number of carbonyl (C=O) groups is 1. The van der Waals surface area contributed by atoms with Crippen LogP contribution in [-0.4, -0.2) is 56.0 Å². The highest BCUT2D eigenvalue weighted by Gasteiger charge is 2.39. The number of rotatable bonds is 5. The highest BCUT2D eigenvalue weighted by molar-refractivity contribution is 7.71. The van der Waals surface area contributed by atoms with Crippen LogP contribution < -0.4 is 10.8 Å². The standard InChI is InChI=1S/C25H29F3N5O3P/c1-5-17-13-37(36,10-9-33(17)24(34)35)22-11-19-21(12-29-22)31-16(4)32-23(19)30-15(3)18-7-6-8-20(14(18)2)25(26,27)28/h6-8,11-12,15,17H,5,9-10,13H2,1-4H3,(H,34,35)(H,30,31,32)/t15-,17?,37?/m1/s1. The average Bonchev–Trinajstić information content (AvgIpc) is 2.82. The molecule has 198 valence electrons. The highest BCUT2D eigenvalue weighted by atomic mass is 31.2. The number of pyridine rings is 1. The molecule has 37 heavy (non-hydrogen) atoms. The number of nitrogens with one attached hydrogen (secondary N) is 1. The molecule has 4 rings (SSSR count). The Morgan fingerprint density at radius 1 is 1.30 bits per heavy atom. The molecule has 0 spiro atoms. The van der Waals surface area contributed by atoms with Crippen LogP contribution in [0.5, 0.6) is 0 Å². The Morgan fingerprint density at radius 2 is 2.03 bits per heavy atom. The second-order valence-electron chi connectivity index (χ2n) is 9.40. The van der Waals surface area contributed by atoms with Gasteiger partial charge in [-0.2, -0.15) is 13.2 Å². The van der Waals surface area contributed by atoms with Gasteiger partial charge in [-0.15, -0.1) is 0 Å². The molecular weight excluding hydrogens is 506 g/mol. The molecule has 2 unspecified atom stereocenters. The fourth-order valence-electron chi connectivity index (χ4n) is 4.97. The molecule has 3 heterocycles. The van der Waals surface area contributed by atoms with E-state index in [0.29, 0.717) is 40.0 Å². The van der Waals surface area contributed by atoms with Crippen molar-refractivity contribution in [1.82, 2.24) is 19.9 Å². The molecule has 0 saturated carbocycles. The van der Waals surface area contributed by atoms with Gasteiger partial charge in [-0.25, -0.2) is 14.8 Å². The summed E-state index contributed by atoms with van der Waals surface area (Å²) in [5.41, 5.74) is 0.808. The number of aromatic nitrogens is 3. The normalized spacial score (nSPS) is 21.2. The average molecular weight is 536 g/mol. The van der Waals surface area contributed by atoms with Crippen LogP contribution in [0, 0.1) is 13.8 Å². The topological polar surface area (TPSA) is 108 Å². The molecule has 2 N–H and O–H groups in total. The minimum atomic E-state index is -4.46. The Hall–Kier alpha value is -3.20. The number of carboxylic acid groups (broad SMARTS) is 1. The number of halogens is 3. The molecule has 0 bridgehead atoms. The van der Waals surface area contributed by atoms with Crippen molar-refractivity contribution in [1.29, 1.82) is 0 Å². The van der Waals surface area contributed by atoms with E-state index in [0.717, 1.165) is 6.07 Å². The molecule has 1 aliphatic heterocycles. The van der Waals surface area contributed by atoms with Crippen LogP contribution in [0.3, 0.4) is 0 Å². The smallest absolute Gasteiger partial charge is 0.416 e. The first kappa shape index (κ1) is 26.9. The van der Waals surface area contributed by atoms with Crippen LogP contribution in [0.4, 0.5) is 23.8 Å². The first-order valence-corrected chi connectivity index (χ1v) is 14.1. The van der Waals surface area contributed by atoms with E-state index in [1.807, 2.05) is 6.92 Å². The van der Waals surface area contributed by atoms with Crippen LogP contribution >= 0.6 is 7.14 Å². The van der Waals surface area contributed by atoms with E-state index < -0.39 is 31.0 Å². The first-order valence-electron chi connectivity index (χ1n) is 12.0. The van der Waals surface area contributed by atoms with Gasteiger partial charge >= 0.3 is 12.3 Å². The molecule has 8 nitrogen and oxygen atoms in total. The number of anilines is 1. The number of fused-ring (bicyclic) bond motifs is 1. The van der Waals surface area contributed by atoms with E-state index in [2.05, 4.69) is 20.3 Å². The second kappa shape index (κ2) is 9.93. The summed E-state index contributed by atoms with van der Waals surface area (Å²) in [6.07, 6.45) is -3.05. The Bertz CT molecular complexity index is 1400. The van der Waals surface area contributed by atoms with Gasteiger partial charge in [0.2, 0.25) is 0 Å². The maximum atomic E-state index is 14.0. The van der Waals surface area contributed by atoms with E-state index in [1.165, 1.54) is 24.1 Å². The van der Waals surface area contributed by atoms with Gasteiger partial charge in [0, 0.05) is 30.3 Å². The molecule has 3 atom stereocenters. The van der Waals surface area contributed by atoms with Gasteiger partial charge in [-0.3, -0.25) is 4.98 Å². The van der Waals surface area contributed by atoms with Crippen LogP contribution in [0.2, 0.25) is 0 Å². The minimum Gasteiger partial charge on any atom is -0.465 e. The van der Waals surface area contributed by atoms with Crippen molar-refractivity contribution in [2.24, 2.45) is 0 Å². The third-order valence-corrected chi connectivity index (χ3v) is 9.98. The zero-order valence-electron chi connectivity index (χ0n) is 21.0. The lowest BCUT2D eigenvalue weighted by atomic mass is 9.97. The third kappa shape index (κ3) is 5.28. The summed E-state index contributed by atoms with van der Waals surface area (Å²) in [6.45, 7) is 6.92. The van der Waals surface area contributed by atoms with Gasteiger partial charge in [0.15, 0.2) is 0 Å². The molecule has 0 aliphatic carbocycles. The van der Waals surface area contributed by atoms with Crippen LogP contribution in [0.25, 0.3) is 10.9 Å². The SMILES string of the molecule is CCC1CP(=O)(c2cc3c(N[C@H](C)c4cccc(C(F)(F)F)c4C)nc(C)nc3cn2)CCN1C(=O)O. The first-order chi connectivity index (χ1) is 17.3. The molecule has 1 amide bonds. The molecule has 3 aromatic rings. The van der Waals surface area contributed by atoms with Crippen LogP contribution in [-0.2, 0) is 10.7 Å². The van der Waals surface area contributed by atoms with Gasteiger partial charge in [0.05, 0.1) is 23.3 Å². The predicted octanol–water partition coefficient (Wildman–Crippen LogP) is 5.59. The van der Waals surface area contributed by atoms with Crippen molar-refractivity contribution in [2.75, 3.05) is 24.2 Å². The van der Waals surface area contributed by atoms with E-state index in [9.17, 15) is 27.6 Å². The van der Waals surface area contributed by atoms with Crippen molar-refractivity contribution >= 4 is 35.4 Å². The number of alkyl halides is 3. The molecule has 2 aromatic heterocycles. The number of benzene rings is 1. The molecule has 1 fully saturated rings. The number of nitrogens with zero attached hydrogens (tertiary/aromatic N) is 4. The third-order valence-electron chi connectivity index (χ3n) is 6.96.